The largest absolute Gasteiger partial charge is 0.507 e. The van der Waals surface area contributed by atoms with Crippen LogP contribution in [0, 0.1) is 6.92 Å². The fourth-order valence-corrected chi connectivity index (χ4v) is 2.81. The number of piperidine rings is 1. The topological polar surface area (TPSA) is 43.8 Å². The van der Waals surface area contributed by atoms with Crippen LogP contribution in [-0.2, 0) is 0 Å². The first-order chi connectivity index (χ1) is 9.54. The third-order valence-electron chi connectivity index (χ3n) is 4.34. The van der Waals surface area contributed by atoms with Gasteiger partial charge in [-0.3, -0.25) is 4.79 Å². The molecule has 0 aromatic heterocycles. The number of para-hydroxylation sites is 1. The minimum atomic E-state index is -0.0823. The van der Waals surface area contributed by atoms with Gasteiger partial charge in [-0.05, 0) is 37.9 Å². The average molecular weight is 276 g/mol. The van der Waals surface area contributed by atoms with Gasteiger partial charge in [0.1, 0.15) is 5.75 Å². The lowest BCUT2D eigenvalue weighted by Crippen LogP contribution is -2.45. The van der Waals surface area contributed by atoms with Crippen LogP contribution in [-0.4, -0.2) is 53.5 Å². The highest BCUT2D eigenvalue weighted by molar-refractivity contribution is 5.97. The number of likely N-dealkylation sites (tertiary alicyclic amines) is 1. The molecule has 1 aromatic carbocycles. The number of carbonyl (C=O) groups is 1. The molecule has 0 spiro atoms. The number of hydrogen-bond donors (Lipinski definition) is 1. The van der Waals surface area contributed by atoms with Gasteiger partial charge in [-0.15, -0.1) is 0 Å². The van der Waals surface area contributed by atoms with Crippen LogP contribution in [0.2, 0.25) is 0 Å². The molecule has 4 heteroatoms. The fraction of sp³-hybridized carbons (Fsp3) is 0.562. The van der Waals surface area contributed by atoms with Gasteiger partial charge in [-0.1, -0.05) is 19.1 Å². The Balaban J connectivity index is 2.07. The lowest BCUT2D eigenvalue weighted by atomic mass is 10.0. The van der Waals surface area contributed by atoms with E-state index >= 15 is 0 Å². The van der Waals surface area contributed by atoms with Crippen molar-refractivity contribution in [3.8, 4) is 5.75 Å². The SMILES string of the molecule is CCN1CCC(N(C)C(=O)c2cccc(C)c2O)CC1. The van der Waals surface area contributed by atoms with Crippen molar-refractivity contribution in [1.82, 2.24) is 9.80 Å². The van der Waals surface area contributed by atoms with Gasteiger partial charge in [0.05, 0.1) is 5.56 Å². The van der Waals surface area contributed by atoms with Gasteiger partial charge in [-0.2, -0.15) is 0 Å². The van der Waals surface area contributed by atoms with Gasteiger partial charge in [0, 0.05) is 26.2 Å². The smallest absolute Gasteiger partial charge is 0.257 e. The molecule has 1 aliphatic rings. The van der Waals surface area contributed by atoms with Gasteiger partial charge in [0.25, 0.3) is 5.91 Å². The Labute approximate surface area is 121 Å². The second kappa shape index (κ2) is 6.27. The maximum absolute atomic E-state index is 12.5. The van der Waals surface area contributed by atoms with E-state index in [0.717, 1.165) is 38.0 Å². The molecule has 1 fully saturated rings. The zero-order chi connectivity index (χ0) is 14.7. The number of rotatable bonds is 3. The number of aromatic hydroxyl groups is 1. The Kier molecular flexibility index (Phi) is 4.65. The van der Waals surface area contributed by atoms with Crippen LogP contribution in [0.5, 0.6) is 5.75 Å². The summed E-state index contributed by atoms with van der Waals surface area (Å²) in [6.07, 6.45) is 2.01. The molecule has 0 bridgehead atoms. The third kappa shape index (κ3) is 2.96. The lowest BCUT2D eigenvalue weighted by Gasteiger charge is -2.36. The molecule has 0 saturated carbocycles. The monoisotopic (exact) mass is 276 g/mol. The van der Waals surface area contributed by atoms with Crippen molar-refractivity contribution >= 4 is 5.91 Å². The van der Waals surface area contributed by atoms with E-state index in [2.05, 4.69) is 11.8 Å². The van der Waals surface area contributed by atoms with Gasteiger partial charge in [0.2, 0.25) is 0 Å². The molecule has 1 N–H and O–H groups in total. The predicted octanol–water partition coefficient (Wildman–Crippen LogP) is 2.26. The molecule has 0 aliphatic carbocycles. The van der Waals surface area contributed by atoms with Crippen molar-refractivity contribution in [2.24, 2.45) is 0 Å². The molecule has 2 rings (SSSR count). The normalized spacial score (nSPS) is 17.1. The van der Waals surface area contributed by atoms with Crippen LogP contribution >= 0.6 is 0 Å². The first kappa shape index (κ1) is 14.9. The zero-order valence-corrected chi connectivity index (χ0v) is 12.6. The molecule has 1 heterocycles. The van der Waals surface area contributed by atoms with E-state index in [1.807, 2.05) is 26.1 Å². The van der Waals surface area contributed by atoms with Crippen molar-refractivity contribution in [2.45, 2.75) is 32.7 Å². The highest BCUT2D eigenvalue weighted by Gasteiger charge is 2.26. The van der Waals surface area contributed by atoms with E-state index in [1.165, 1.54) is 0 Å². The first-order valence-electron chi connectivity index (χ1n) is 7.32. The summed E-state index contributed by atoms with van der Waals surface area (Å²) in [5.41, 5.74) is 1.15. The van der Waals surface area contributed by atoms with Crippen molar-refractivity contribution in [3.63, 3.8) is 0 Å². The number of amides is 1. The maximum Gasteiger partial charge on any atom is 0.257 e. The molecule has 20 heavy (non-hydrogen) atoms. The summed E-state index contributed by atoms with van der Waals surface area (Å²) in [5, 5.41) is 10.0. The van der Waals surface area contributed by atoms with Gasteiger partial charge >= 0.3 is 0 Å². The maximum atomic E-state index is 12.5. The number of aryl methyl sites for hydroxylation is 1. The van der Waals surface area contributed by atoms with E-state index in [0.29, 0.717) is 5.56 Å². The van der Waals surface area contributed by atoms with E-state index in [1.54, 1.807) is 11.0 Å². The Hall–Kier alpha value is -1.55. The minimum Gasteiger partial charge on any atom is -0.507 e. The van der Waals surface area contributed by atoms with Crippen molar-refractivity contribution in [1.29, 1.82) is 0 Å². The average Bonchev–Trinajstić information content (AvgIpc) is 2.48. The summed E-state index contributed by atoms with van der Waals surface area (Å²) >= 11 is 0. The standard InChI is InChI=1S/C16H24N2O2/c1-4-18-10-8-13(9-11-18)17(3)16(20)14-7-5-6-12(2)15(14)19/h5-7,13,19H,4,8-11H2,1-3H3. The molecule has 1 aliphatic heterocycles. The summed E-state index contributed by atoms with van der Waals surface area (Å²) in [5.74, 6) is 0.0245. The van der Waals surface area contributed by atoms with E-state index in [-0.39, 0.29) is 17.7 Å². The zero-order valence-electron chi connectivity index (χ0n) is 12.6. The molecule has 0 radical (unpaired) electrons. The molecule has 1 aromatic rings. The first-order valence-corrected chi connectivity index (χ1v) is 7.32. The number of phenolic OH excluding ortho intramolecular Hbond substituents is 1. The molecule has 1 amide bonds. The number of nitrogens with zero attached hydrogens (tertiary/aromatic N) is 2. The summed E-state index contributed by atoms with van der Waals surface area (Å²) in [4.78, 5) is 16.7. The van der Waals surface area contributed by atoms with Gasteiger partial charge in [0.15, 0.2) is 0 Å². The summed E-state index contributed by atoms with van der Waals surface area (Å²) < 4.78 is 0. The summed E-state index contributed by atoms with van der Waals surface area (Å²) in [7, 11) is 1.84. The minimum absolute atomic E-state index is 0.0823. The molecular weight excluding hydrogens is 252 g/mol. The number of phenols is 1. The van der Waals surface area contributed by atoms with Crippen molar-refractivity contribution in [3.05, 3.63) is 29.3 Å². The fourth-order valence-electron chi connectivity index (χ4n) is 2.81. The molecule has 4 nitrogen and oxygen atoms in total. The van der Waals surface area contributed by atoms with Crippen LogP contribution in [0.3, 0.4) is 0 Å². The Bertz CT molecular complexity index is 479. The molecule has 0 atom stereocenters. The van der Waals surface area contributed by atoms with Crippen LogP contribution in [0.4, 0.5) is 0 Å². The number of carbonyl (C=O) groups excluding carboxylic acids is 1. The van der Waals surface area contributed by atoms with Crippen LogP contribution in [0.1, 0.15) is 35.7 Å². The van der Waals surface area contributed by atoms with Crippen LogP contribution in [0.25, 0.3) is 0 Å². The lowest BCUT2D eigenvalue weighted by molar-refractivity contribution is 0.0644. The second-order valence-electron chi connectivity index (χ2n) is 5.55. The van der Waals surface area contributed by atoms with E-state index in [4.69, 9.17) is 0 Å². The number of hydrogen-bond acceptors (Lipinski definition) is 3. The van der Waals surface area contributed by atoms with Gasteiger partial charge < -0.3 is 14.9 Å². The number of benzene rings is 1. The third-order valence-corrected chi connectivity index (χ3v) is 4.34. The Morgan fingerprint density at radius 2 is 2.05 bits per heavy atom. The highest BCUT2D eigenvalue weighted by Crippen LogP contribution is 2.25. The Morgan fingerprint density at radius 3 is 2.65 bits per heavy atom. The Morgan fingerprint density at radius 1 is 1.40 bits per heavy atom. The van der Waals surface area contributed by atoms with Crippen LogP contribution in [0.15, 0.2) is 18.2 Å². The highest BCUT2D eigenvalue weighted by atomic mass is 16.3. The van der Waals surface area contributed by atoms with Gasteiger partial charge in [-0.25, -0.2) is 0 Å². The van der Waals surface area contributed by atoms with Crippen molar-refractivity contribution in [2.75, 3.05) is 26.7 Å². The van der Waals surface area contributed by atoms with Crippen molar-refractivity contribution < 1.29 is 9.90 Å². The summed E-state index contributed by atoms with van der Waals surface area (Å²) in [6.45, 7) is 7.13. The molecule has 0 unspecified atom stereocenters. The second-order valence-corrected chi connectivity index (χ2v) is 5.55. The van der Waals surface area contributed by atoms with E-state index < -0.39 is 0 Å². The summed E-state index contributed by atoms with van der Waals surface area (Å²) in [6, 6.07) is 5.59. The quantitative estimate of drug-likeness (QED) is 0.921. The molecule has 110 valence electrons. The van der Waals surface area contributed by atoms with E-state index in [9.17, 15) is 9.90 Å². The molecule has 1 saturated heterocycles. The predicted molar refractivity (Wildman–Crippen MR) is 80.1 cm³/mol. The van der Waals surface area contributed by atoms with Crippen LogP contribution < -0.4 is 0 Å². The molecular formula is C16H24N2O2.